The normalized spacial score (nSPS) is 14.1. The van der Waals surface area contributed by atoms with Crippen LogP contribution < -0.4 is 0 Å². The quantitative estimate of drug-likeness (QED) is 0.185. The Hall–Kier alpha value is -6.39. The van der Waals surface area contributed by atoms with E-state index in [0.717, 1.165) is 64.7 Å². The van der Waals surface area contributed by atoms with Crippen LogP contribution in [0, 0.1) is 0 Å². The number of benzene rings is 6. The second-order valence-corrected chi connectivity index (χ2v) is 13.3. The highest BCUT2D eigenvalue weighted by Gasteiger charge is 2.24. The largest absolute Gasteiger partial charge is 0.460 e. The van der Waals surface area contributed by atoms with Crippen molar-refractivity contribution < 1.29 is 4.42 Å². The monoisotopic (exact) mass is 655 g/mol. The van der Waals surface area contributed by atoms with Gasteiger partial charge in [-0.05, 0) is 75.2 Å². The van der Waals surface area contributed by atoms with Crippen LogP contribution >= 0.6 is 0 Å². The van der Waals surface area contributed by atoms with E-state index in [1.165, 1.54) is 43.8 Å². The number of nitrogens with zero attached hydrogens (tertiary/aromatic N) is 3. The maximum absolute atomic E-state index is 6.34. The molecule has 6 aromatic carbocycles. The molecule has 0 atom stereocenters. The molecule has 2 aromatic heterocycles. The van der Waals surface area contributed by atoms with Crippen molar-refractivity contribution in [3.8, 4) is 33.9 Å². The molecular weight excluding hydrogens is 623 g/mol. The summed E-state index contributed by atoms with van der Waals surface area (Å²) in [6.45, 7) is 0. The minimum atomic E-state index is 0.664. The molecule has 0 saturated heterocycles. The highest BCUT2D eigenvalue weighted by molar-refractivity contribution is 6.07. The van der Waals surface area contributed by atoms with Crippen molar-refractivity contribution in [2.45, 2.75) is 25.7 Å². The number of aryl methyl sites for hydroxylation is 1. The van der Waals surface area contributed by atoms with Gasteiger partial charge in [0.15, 0.2) is 17.5 Å². The Morgan fingerprint density at radius 3 is 2.06 bits per heavy atom. The zero-order valence-electron chi connectivity index (χ0n) is 28.0. The van der Waals surface area contributed by atoms with Crippen molar-refractivity contribution in [2.75, 3.05) is 0 Å². The fourth-order valence-corrected chi connectivity index (χ4v) is 7.72. The summed E-state index contributed by atoms with van der Waals surface area (Å²) in [7, 11) is 0. The van der Waals surface area contributed by atoms with E-state index >= 15 is 0 Å². The molecule has 2 aliphatic carbocycles. The van der Waals surface area contributed by atoms with Crippen molar-refractivity contribution in [2.24, 2.45) is 0 Å². The second-order valence-electron chi connectivity index (χ2n) is 13.3. The number of fused-ring (bicyclic) bond motifs is 5. The summed E-state index contributed by atoms with van der Waals surface area (Å²) in [4.78, 5) is 15.4. The highest BCUT2D eigenvalue weighted by Crippen LogP contribution is 2.42. The summed E-state index contributed by atoms with van der Waals surface area (Å²) in [5.74, 6) is 3.09. The zero-order chi connectivity index (χ0) is 33.7. The van der Waals surface area contributed by atoms with Crippen LogP contribution in [0.5, 0.6) is 0 Å². The van der Waals surface area contributed by atoms with E-state index in [2.05, 4.69) is 146 Å². The highest BCUT2D eigenvalue weighted by atomic mass is 16.3. The summed E-state index contributed by atoms with van der Waals surface area (Å²) in [6.07, 6.45) is 12.8. The first-order valence-electron chi connectivity index (χ1n) is 17.7. The molecule has 0 bridgehead atoms. The van der Waals surface area contributed by atoms with Gasteiger partial charge in [-0.25, -0.2) is 15.0 Å². The molecule has 0 N–H and O–H groups in total. The third-order valence-corrected chi connectivity index (χ3v) is 10.2. The molecule has 4 heteroatoms. The fourth-order valence-electron chi connectivity index (χ4n) is 7.72. The minimum absolute atomic E-state index is 0.664. The molecule has 0 spiro atoms. The molecule has 4 nitrogen and oxygen atoms in total. The van der Waals surface area contributed by atoms with E-state index in [4.69, 9.17) is 19.4 Å². The first-order valence-corrected chi connectivity index (χ1v) is 17.7. The number of hydrogen-bond donors (Lipinski definition) is 0. The van der Waals surface area contributed by atoms with Gasteiger partial charge in [-0.2, -0.15) is 0 Å². The minimum Gasteiger partial charge on any atom is -0.460 e. The van der Waals surface area contributed by atoms with Gasteiger partial charge >= 0.3 is 0 Å². The number of para-hydroxylation sites is 1. The summed E-state index contributed by atoms with van der Waals surface area (Å²) in [6, 6.07) is 45.1. The van der Waals surface area contributed by atoms with E-state index in [1.54, 1.807) is 0 Å². The third-order valence-electron chi connectivity index (χ3n) is 10.2. The van der Waals surface area contributed by atoms with Crippen LogP contribution in [0.3, 0.4) is 0 Å². The molecule has 0 aliphatic heterocycles. The van der Waals surface area contributed by atoms with Crippen LogP contribution in [0.15, 0.2) is 156 Å². The lowest BCUT2D eigenvalue weighted by molar-refractivity contribution is 0.545. The topological polar surface area (TPSA) is 51.8 Å². The number of allylic oxidation sites excluding steroid dienone is 5. The molecular formula is C47H33N3O. The van der Waals surface area contributed by atoms with Crippen LogP contribution in [0.2, 0.25) is 0 Å². The van der Waals surface area contributed by atoms with Crippen LogP contribution in [-0.4, -0.2) is 15.0 Å². The van der Waals surface area contributed by atoms with Crippen molar-refractivity contribution in [1.82, 2.24) is 15.0 Å². The van der Waals surface area contributed by atoms with Gasteiger partial charge < -0.3 is 4.42 Å². The average Bonchev–Trinajstić information content (AvgIpc) is 3.60. The standard InChI is InChI=1S/C47H33N3O/c1-2-12-32(13-3-1)45-48-46(33-26-23-31(24-27-33)35-28-25-30-11-4-5-14-34(30)29-35)50-47(49-45)40-20-9-16-36-37(17-8-18-38(36)40)39-19-10-22-43-44(39)41-15-6-7-21-42(41)51-43/h2,4-9,11-21,23-29H,1,3,10,22H2. The first-order chi connectivity index (χ1) is 25.3. The number of furan rings is 1. The number of rotatable bonds is 5. The van der Waals surface area contributed by atoms with Gasteiger partial charge in [0.25, 0.3) is 0 Å². The molecule has 8 aromatic rings. The molecule has 2 aliphatic rings. The smallest absolute Gasteiger partial charge is 0.164 e. The molecule has 0 unspecified atom stereocenters. The Morgan fingerprint density at radius 1 is 0.490 bits per heavy atom. The van der Waals surface area contributed by atoms with E-state index in [-0.39, 0.29) is 0 Å². The van der Waals surface area contributed by atoms with Crippen LogP contribution in [0.4, 0.5) is 0 Å². The van der Waals surface area contributed by atoms with Crippen molar-refractivity contribution in [3.05, 3.63) is 174 Å². The van der Waals surface area contributed by atoms with Gasteiger partial charge in [0, 0.05) is 34.1 Å². The van der Waals surface area contributed by atoms with Crippen molar-refractivity contribution in [1.29, 1.82) is 0 Å². The van der Waals surface area contributed by atoms with Gasteiger partial charge in [-0.3, -0.25) is 0 Å². The number of hydrogen-bond acceptors (Lipinski definition) is 4. The predicted molar refractivity (Wildman–Crippen MR) is 209 cm³/mol. The SMILES string of the molecule is C1=CC(c2nc(-c3ccc(-c4ccc5ccccc5c4)cc3)nc(-c3cccc4c(C5=CCCc6oc7ccccc7c65)cccc34)n2)=CCC1. The molecule has 0 fully saturated rings. The zero-order valence-corrected chi connectivity index (χ0v) is 28.0. The molecule has 242 valence electrons. The summed E-state index contributed by atoms with van der Waals surface area (Å²) in [5, 5.41) is 5.91. The Kier molecular flexibility index (Phi) is 7.05. The van der Waals surface area contributed by atoms with Crippen LogP contribution in [0.1, 0.15) is 42.0 Å². The second kappa shape index (κ2) is 12.2. The van der Waals surface area contributed by atoms with E-state index < -0.39 is 0 Å². The van der Waals surface area contributed by atoms with Gasteiger partial charge in [0.2, 0.25) is 0 Å². The Labute approximate surface area is 296 Å². The lowest BCUT2D eigenvalue weighted by Gasteiger charge is -2.17. The Morgan fingerprint density at radius 2 is 1.20 bits per heavy atom. The van der Waals surface area contributed by atoms with Gasteiger partial charge in [-0.1, -0.05) is 140 Å². The van der Waals surface area contributed by atoms with Gasteiger partial charge in [0.1, 0.15) is 11.3 Å². The lowest BCUT2D eigenvalue weighted by atomic mass is 9.86. The third kappa shape index (κ3) is 5.19. The Bertz CT molecular complexity index is 2750. The molecule has 0 saturated carbocycles. The van der Waals surface area contributed by atoms with Crippen LogP contribution in [0.25, 0.3) is 77.6 Å². The molecule has 2 heterocycles. The van der Waals surface area contributed by atoms with Crippen LogP contribution in [-0.2, 0) is 6.42 Å². The van der Waals surface area contributed by atoms with Gasteiger partial charge in [-0.15, -0.1) is 0 Å². The maximum atomic E-state index is 6.34. The summed E-state index contributed by atoms with van der Waals surface area (Å²) >= 11 is 0. The van der Waals surface area contributed by atoms with E-state index in [1.807, 2.05) is 6.07 Å². The molecule has 51 heavy (non-hydrogen) atoms. The number of aromatic nitrogens is 3. The maximum Gasteiger partial charge on any atom is 0.164 e. The molecule has 10 rings (SSSR count). The molecule has 0 amide bonds. The average molecular weight is 656 g/mol. The summed E-state index contributed by atoms with van der Waals surface area (Å²) in [5.41, 5.74) is 9.89. The predicted octanol–water partition coefficient (Wildman–Crippen LogP) is 12.0. The summed E-state index contributed by atoms with van der Waals surface area (Å²) < 4.78 is 6.34. The van der Waals surface area contributed by atoms with Crippen molar-refractivity contribution in [3.63, 3.8) is 0 Å². The molecule has 0 radical (unpaired) electrons. The Balaban J connectivity index is 1.09. The first kappa shape index (κ1) is 29.5. The lowest BCUT2D eigenvalue weighted by Crippen LogP contribution is -2.04. The van der Waals surface area contributed by atoms with E-state index in [9.17, 15) is 0 Å². The van der Waals surface area contributed by atoms with Gasteiger partial charge in [0.05, 0.1) is 0 Å². The van der Waals surface area contributed by atoms with E-state index in [0.29, 0.717) is 17.5 Å². The fraction of sp³-hybridized carbons (Fsp3) is 0.0851. The van der Waals surface area contributed by atoms with Crippen molar-refractivity contribution >= 4 is 43.7 Å².